The van der Waals surface area contributed by atoms with Gasteiger partial charge in [0.05, 0.1) is 6.42 Å². The van der Waals surface area contributed by atoms with E-state index in [1.807, 2.05) is 12.3 Å². The fourth-order valence-corrected chi connectivity index (χ4v) is 2.48. The first-order valence-electron chi connectivity index (χ1n) is 6.67. The first-order chi connectivity index (χ1) is 8.93. The molecule has 3 aliphatic rings. The average molecular weight is 240 g/mol. The summed E-state index contributed by atoms with van der Waals surface area (Å²) in [5, 5.41) is 3.34. The highest BCUT2D eigenvalue weighted by Gasteiger charge is 2.29. The Hall–Kier alpha value is -1.86. The van der Waals surface area contributed by atoms with E-state index in [2.05, 4.69) is 34.6 Å². The van der Waals surface area contributed by atoms with Crippen molar-refractivity contribution in [2.24, 2.45) is 4.99 Å². The van der Waals surface area contributed by atoms with Crippen LogP contribution in [0, 0.1) is 0 Å². The van der Waals surface area contributed by atoms with E-state index in [1.165, 1.54) is 12.1 Å². The molecule has 1 atom stereocenters. The van der Waals surface area contributed by atoms with E-state index < -0.39 is 0 Å². The second-order valence-corrected chi connectivity index (χ2v) is 4.75. The lowest BCUT2D eigenvalue weighted by Crippen LogP contribution is -2.37. The lowest BCUT2D eigenvalue weighted by atomic mass is 9.97. The summed E-state index contributed by atoms with van der Waals surface area (Å²) in [6.45, 7) is 0.907. The van der Waals surface area contributed by atoms with Crippen LogP contribution in [0.2, 0.25) is 0 Å². The summed E-state index contributed by atoms with van der Waals surface area (Å²) in [7, 11) is 0. The van der Waals surface area contributed by atoms with Gasteiger partial charge in [0.25, 0.3) is 0 Å². The summed E-state index contributed by atoms with van der Waals surface area (Å²) in [6, 6.07) is 0.262. The summed E-state index contributed by atoms with van der Waals surface area (Å²) in [4.78, 5) is 4.57. The first kappa shape index (κ1) is 11.2. The number of rotatable bonds is 2. The molecule has 0 saturated carbocycles. The van der Waals surface area contributed by atoms with Crippen molar-refractivity contribution in [2.75, 3.05) is 6.54 Å². The van der Waals surface area contributed by atoms with E-state index in [9.17, 15) is 0 Å². The van der Waals surface area contributed by atoms with Gasteiger partial charge in [-0.1, -0.05) is 22.9 Å². The van der Waals surface area contributed by atoms with Crippen molar-refractivity contribution in [3.63, 3.8) is 0 Å². The molecule has 0 aromatic heterocycles. The number of hydrogen-bond donors (Lipinski definition) is 1. The summed E-state index contributed by atoms with van der Waals surface area (Å²) in [5.41, 5.74) is 3.49. The molecule has 3 heteroatoms. The molecule has 0 saturated heterocycles. The van der Waals surface area contributed by atoms with Gasteiger partial charge in [-0.05, 0) is 31.2 Å². The molecule has 0 amide bonds. The number of nitrogens with zero attached hydrogens (tertiary/aromatic N) is 2. The predicted octanol–water partition coefficient (Wildman–Crippen LogP) is 1.56. The van der Waals surface area contributed by atoms with Crippen molar-refractivity contribution in [2.45, 2.75) is 31.7 Å². The average Bonchev–Trinajstić information content (AvgIpc) is 2.49. The van der Waals surface area contributed by atoms with Crippen LogP contribution in [-0.4, -0.2) is 29.7 Å². The lowest BCUT2D eigenvalue weighted by Gasteiger charge is -2.12. The highest BCUT2D eigenvalue weighted by atomic mass is 14.9. The fourth-order valence-electron chi connectivity index (χ4n) is 2.48. The summed E-state index contributed by atoms with van der Waals surface area (Å²) in [5.74, 6) is 0. The molecule has 1 unspecified atom stereocenters. The Labute approximate surface area is 107 Å². The zero-order valence-corrected chi connectivity index (χ0v) is 10.5. The maximum absolute atomic E-state index is 4.83. The summed E-state index contributed by atoms with van der Waals surface area (Å²) < 4.78 is 4.83. The van der Waals surface area contributed by atoms with E-state index in [-0.39, 0.29) is 6.04 Å². The molecule has 3 nitrogen and oxygen atoms in total. The number of dihydropyridines is 2. The van der Waals surface area contributed by atoms with Gasteiger partial charge in [-0.25, -0.2) is 0 Å². The smallest absolute Gasteiger partial charge is 0.328 e. The molecule has 0 bridgehead atoms. The molecule has 3 aliphatic heterocycles. The van der Waals surface area contributed by atoms with Crippen LogP contribution in [0.5, 0.6) is 0 Å². The molecule has 18 heavy (non-hydrogen) atoms. The van der Waals surface area contributed by atoms with E-state index >= 15 is 0 Å². The van der Waals surface area contributed by atoms with E-state index in [0.717, 1.165) is 37.2 Å². The molecule has 0 fully saturated rings. The minimum absolute atomic E-state index is 0.262. The van der Waals surface area contributed by atoms with E-state index in [0.29, 0.717) is 0 Å². The molecular weight excluding hydrogens is 222 g/mol. The van der Waals surface area contributed by atoms with E-state index in [1.54, 1.807) is 0 Å². The van der Waals surface area contributed by atoms with Crippen molar-refractivity contribution in [1.82, 2.24) is 9.98 Å². The third kappa shape index (κ3) is 2.36. The second kappa shape index (κ2) is 5.19. The Morgan fingerprint density at radius 2 is 2.28 bits per heavy atom. The Morgan fingerprint density at radius 1 is 1.28 bits per heavy atom. The molecule has 0 spiro atoms. The second-order valence-electron chi connectivity index (χ2n) is 4.75. The van der Waals surface area contributed by atoms with Crippen LogP contribution in [0.4, 0.5) is 0 Å². The van der Waals surface area contributed by atoms with Gasteiger partial charge in [0.2, 0.25) is 0 Å². The number of nitrogens with one attached hydrogen (secondary N) is 1. The third-order valence-corrected chi connectivity index (χ3v) is 3.42. The molecule has 0 radical (unpaired) electrons. The van der Waals surface area contributed by atoms with Crippen LogP contribution in [0.25, 0.3) is 0 Å². The monoisotopic (exact) mass is 240 g/mol. The van der Waals surface area contributed by atoms with Crippen LogP contribution in [0.15, 0.2) is 41.6 Å². The maximum atomic E-state index is 4.83. The van der Waals surface area contributed by atoms with Crippen molar-refractivity contribution < 1.29 is 0 Å². The Bertz CT molecular complexity index is 514. The van der Waals surface area contributed by atoms with Crippen molar-refractivity contribution in [1.29, 1.82) is 0 Å². The maximum Gasteiger partial charge on any atom is 0.328 e. The number of allylic oxidation sites excluding steroid dienone is 3. The van der Waals surface area contributed by atoms with Crippen LogP contribution in [0.1, 0.15) is 25.7 Å². The van der Waals surface area contributed by atoms with Gasteiger partial charge < -0.3 is 5.32 Å². The predicted molar refractivity (Wildman–Crippen MR) is 77.3 cm³/mol. The molecule has 0 aromatic rings. The van der Waals surface area contributed by atoms with Gasteiger partial charge in [0.1, 0.15) is 11.8 Å². The quantitative estimate of drug-likeness (QED) is 0.731. The molecule has 1 N–H and O–H groups in total. The normalized spacial score (nSPS) is 26.2. The van der Waals surface area contributed by atoms with Crippen LogP contribution < -0.4 is 9.98 Å². The van der Waals surface area contributed by atoms with Gasteiger partial charge in [-0.2, -0.15) is 0 Å². The Kier molecular flexibility index (Phi) is 3.24. The largest absolute Gasteiger partial charge is 0.375 e. The van der Waals surface area contributed by atoms with Crippen LogP contribution in [0.3, 0.4) is 0 Å². The Balaban J connectivity index is 1.90. The van der Waals surface area contributed by atoms with Crippen molar-refractivity contribution >= 4 is 17.1 Å². The zero-order chi connectivity index (χ0) is 12.2. The van der Waals surface area contributed by atoms with Crippen molar-refractivity contribution in [3.8, 4) is 0 Å². The summed E-state index contributed by atoms with van der Waals surface area (Å²) in [6.07, 6.45) is 16.9. The molecule has 3 rings (SSSR count). The molecule has 3 heterocycles. The molecule has 0 aromatic carbocycles. The molecule has 92 valence electrons. The standard InChI is InChI=1S/C15H18N3/c1-3-10-16-12(6-1)14-8-5-9-15(18-14)13-7-2-4-11-17-13/h1-3,6-7,10,12,16H,4-5,8-9,11H2/q+1. The van der Waals surface area contributed by atoms with Crippen LogP contribution >= 0.6 is 0 Å². The number of aliphatic imine (C=N–C) groups is 1. The zero-order valence-electron chi connectivity index (χ0n) is 10.5. The van der Waals surface area contributed by atoms with E-state index in [4.69, 9.17) is 4.67 Å². The topological polar surface area (TPSA) is 38.5 Å². The highest BCUT2D eigenvalue weighted by Crippen LogP contribution is 2.10. The van der Waals surface area contributed by atoms with Gasteiger partial charge in [0.15, 0.2) is 0 Å². The van der Waals surface area contributed by atoms with Crippen LogP contribution in [-0.2, 0) is 0 Å². The molecular formula is C15H18N3+. The third-order valence-electron chi connectivity index (χ3n) is 3.42. The van der Waals surface area contributed by atoms with Gasteiger partial charge in [0, 0.05) is 13.0 Å². The highest BCUT2D eigenvalue weighted by molar-refractivity contribution is 6.47. The van der Waals surface area contributed by atoms with Gasteiger partial charge >= 0.3 is 11.4 Å². The number of hydrogen-bond acceptors (Lipinski definition) is 2. The minimum Gasteiger partial charge on any atom is -0.375 e. The van der Waals surface area contributed by atoms with Gasteiger partial charge in [-0.15, -0.1) is 0 Å². The Morgan fingerprint density at radius 3 is 3.06 bits per heavy atom. The lowest BCUT2D eigenvalue weighted by molar-refractivity contribution is 0.802. The summed E-state index contributed by atoms with van der Waals surface area (Å²) >= 11 is 0. The fraction of sp³-hybridized carbons (Fsp3) is 0.400. The SMILES string of the molecule is C1=CNC(C2=[N+]=C(C3=NCCC=C3)CCC2)C=C1. The minimum atomic E-state index is 0.262. The molecule has 0 aliphatic carbocycles. The first-order valence-corrected chi connectivity index (χ1v) is 6.67. The van der Waals surface area contributed by atoms with Crippen molar-refractivity contribution in [3.05, 3.63) is 36.6 Å². The van der Waals surface area contributed by atoms with Gasteiger partial charge in [-0.3, -0.25) is 4.99 Å².